The van der Waals surface area contributed by atoms with E-state index in [2.05, 4.69) is 42.0 Å². The van der Waals surface area contributed by atoms with Crippen molar-refractivity contribution in [3.63, 3.8) is 0 Å². The van der Waals surface area contributed by atoms with Crippen LogP contribution in [0, 0.1) is 5.92 Å². The summed E-state index contributed by atoms with van der Waals surface area (Å²) >= 11 is 0. The molecule has 1 N–H and O–H groups in total. The molecule has 0 amide bonds. The molecule has 108 valence electrons. The highest BCUT2D eigenvalue weighted by molar-refractivity contribution is 5.52. The molecule has 0 aliphatic rings. The van der Waals surface area contributed by atoms with Crippen LogP contribution < -0.4 is 10.2 Å². The third kappa shape index (κ3) is 5.57. The summed E-state index contributed by atoms with van der Waals surface area (Å²) in [7, 11) is 1.75. The Morgan fingerprint density at radius 1 is 1.42 bits per heavy atom. The predicted molar refractivity (Wildman–Crippen MR) is 80.5 cm³/mol. The van der Waals surface area contributed by atoms with Gasteiger partial charge in [0, 0.05) is 50.4 Å². The molecule has 0 radical (unpaired) electrons. The van der Waals surface area contributed by atoms with E-state index < -0.39 is 0 Å². The van der Waals surface area contributed by atoms with Gasteiger partial charge in [0.2, 0.25) is 0 Å². The number of hydrogen-bond acceptors (Lipinski definition) is 4. The van der Waals surface area contributed by atoms with Gasteiger partial charge in [-0.1, -0.05) is 20.8 Å². The number of pyridine rings is 1. The zero-order chi connectivity index (χ0) is 14.1. The first-order valence-corrected chi connectivity index (χ1v) is 7.06. The molecular weight excluding hydrogens is 238 g/mol. The lowest BCUT2D eigenvalue weighted by molar-refractivity contribution is 0.204. The molecule has 0 fully saturated rings. The van der Waals surface area contributed by atoms with E-state index in [1.54, 1.807) is 7.11 Å². The summed E-state index contributed by atoms with van der Waals surface area (Å²) in [5, 5.41) is 3.37. The lowest BCUT2D eigenvalue weighted by Gasteiger charge is -2.28. The van der Waals surface area contributed by atoms with Gasteiger partial charge in [-0.05, 0) is 18.5 Å². The number of anilines is 1. The van der Waals surface area contributed by atoms with Gasteiger partial charge >= 0.3 is 0 Å². The van der Waals surface area contributed by atoms with Crippen molar-refractivity contribution in [3.8, 4) is 0 Å². The monoisotopic (exact) mass is 265 g/mol. The first-order valence-electron chi connectivity index (χ1n) is 7.06. The van der Waals surface area contributed by atoms with Gasteiger partial charge < -0.3 is 15.0 Å². The third-order valence-electron chi connectivity index (χ3n) is 2.93. The Kier molecular flexibility index (Phi) is 7.45. The van der Waals surface area contributed by atoms with Crippen LogP contribution in [-0.4, -0.2) is 38.3 Å². The number of rotatable bonds is 9. The Balaban J connectivity index is 2.86. The first kappa shape index (κ1) is 15.9. The molecule has 0 saturated heterocycles. The number of methoxy groups -OCH3 is 1. The molecule has 0 unspecified atom stereocenters. The van der Waals surface area contributed by atoms with E-state index in [0.29, 0.717) is 5.92 Å². The highest BCUT2D eigenvalue weighted by Gasteiger charge is 2.12. The van der Waals surface area contributed by atoms with Crippen LogP contribution in [0.1, 0.15) is 26.3 Å². The maximum Gasteiger partial charge on any atom is 0.0637 e. The molecule has 19 heavy (non-hydrogen) atoms. The minimum Gasteiger partial charge on any atom is -0.383 e. The molecule has 4 heteroatoms. The fraction of sp³-hybridized carbons (Fsp3) is 0.667. The summed E-state index contributed by atoms with van der Waals surface area (Å²) in [5.41, 5.74) is 2.52. The summed E-state index contributed by atoms with van der Waals surface area (Å²) in [6, 6.07) is 2.10. The van der Waals surface area contributed by atoms with E-state index in [4.69, 9.17) is 4.74 Å². The molecule has 0 aliphatic heterocycles. The van der Waals surface area contributed by atoms with Gasteiger partial charge in [-0.3, -0.25) is 4.98 Å². The topological polar surface area (TPSA) is 37.4 Å². The number of nitrogens with one attached hydrogen (secondary N) is 1. The number of nitrogens with zero attached hydrogens (tertiary/aromatic N) is 2. The molecule has 0 bridgehead atoms. The highest BCUT2D eigenvalue weighted by atomic mass is 16.5. The van der Waals surface area contributed by atoms with Gasteiger partial charge in [0.15, 0.2) is 0 Å². The van der Waals surface area contributed by atoms with E-state index in [-0.39, 0.29) is 0 Å². The second kappa shape index (κ2) is 8.88. The van der Waals surface area contributed by atoms with Crippen molar-refractivity contribution in [2.75, 3.05) is 38.3 Å². The first-order chi connectivity index (χ1) is 9.19. The van der Waals surface area contributed by atoms with Crippen LogP contribution in [0.4, 0.5) is 5.69 Å². The SMILES string of the molecule is CCNCc1cnccc1N(CCOC)CC(C)C. The minimum absolute atomic E-state index is 0.622. The quantitative estimate of drug-likeness (QED) is 0.743. The number of ether oxygens (including phenoxy) is 1. The zero-order valence-corrected chi connectivity index (χ0v) is 12.6. The molecule has 1 rings (SSSR count). The highest BCUT2D eigenvalue weighted by Crippen LogP contribution is 2.20. The molecule has 1 aromatic rings. The Morgan fingerprint density at radius 3 is 2.84 bits per heavy atom. The van der Waals surface area contributed by atoms with Crippen molar-refractivity contribution in [2.45, 2.75) is 27.3 Å². The van der Waals surface area contributed by atoms with Gasteiger partial charge in [0.25, 0.3) is 0 Å². The Labute approximate surface area is 117 Å². The maximum absolute atomic E-state index is 5.22. The fourth-order valence-electron chi connectivity index (χ4n) is 2.08. The van der Waals surface area contributed by atoms with Gasteiger partial charge in [-0.25, -0.2) is 0 Å². The van der Waals surface area contributed by atoms with Gasteiger partial charge in [-0.2, -0.15) is 0 Å². The van der Waals surface area contributed by atoms with E-state index in [1.165, 1.54) is 11.3 Å². The van der Waals surface area contributed by atoms with Crippen molar-refractivity contribution in [2.24, 2.45) is 5.92 Å². The number of hydrogen-bond donors (Lipinski definition) is 1. The van der Waals surface area contributed by atoms with Gasteiger partial charge in [0.1, 0.15) is 0 Å². The summed E-state index contributed by atoms with van der Waals surface area (Å²) in [5.74, 6) is 0.622. The summed E-state index contributed by atoms with van der Waals surface area (Å²) in [4.78, 5) is 6.63. The zero-order valence-electron chi connectivity index (χ0n) is 12.6. The van der Waals surface area contributed by atoms with E-state index in [9.17, 15) is 0 Å². The second-order valence-corrected chi connectivity index (χ2v) is 5.12. The Hall–Kier alpha value is -1.13. The van der Waals surface area contributed by atoms with Crippen LogP contribution >= 0.6 is 0 Å². The summed E-state index contributed by atoms with van der Waals surface area (Å²) in [6.45, 7) is 11.1. The lowest BCUT2D eigenvalue weighted by Crippen LogP contribution is -2.32. The predicted octanol–water partition coefficient (Wildman–Crippen LogP) is 2.30. The largest absolute Gasteiger partial charge is 0.383 e. The Bertz CT molecular complexity index is 355. The smallest absolute Gasteiger partial charge is 0.0637 e. The summed E-state index contributed by atoms with van der Waals surface area (Å²) < 4.78 is 5.22. The fourth-order valence-corrected chi connectivity index (χ4v) is 2.08. The van der Waals surface area contributed by atoms with Crippen molar-refractivity contribution in [1.82, 2.24) is 10.3 Å². The van der Waals surface area contributed by atoms with Gasteiger partial charge in [0.05, 0.1) is 6.61 Å². The molecule has 0 spiro atoms. The summed E-state index contributed by atoms with van der Waals surface area (Å²) in [6.07, 6.45) is 3.82. The molecule has 0 saturated carbocycles. The standard InChI is InChI=1S/C15H27N3O/c1-5-16-10-14-11-17-7-6-15(14)18(8-9-19-4)12-13(2)3/h6-7,11,13,16H,5,8-10,12H2,1-4H3. The van der Waals surface area contributed by atoms with Crippen molar-refractivity contribution < 1.29 is 4.74 Å². The van der Waals surface area contributed by atoms with E-state index >= 15 is 0 Å². The molecule has 0 atom stereocenters. The Morgan fingerprint density at radius 2 is 2.21 bits per heavy atom. The van der Waals surface area contributed by atoms with E-state index in [0.717, 1.165) is 32.8 Å². The third-order valence-corrected chi connectivity index (χ3v) is 2.93. The second-order valence-electron chi connectivity index (χ2n) is 5.12. The maximum atomic E-state index is 5.22. The molecule has 0 aliphatic carbocycles. The van der Waals surface area contributed by atoms with Crippen LogP contribution in [0.15, 0.2) is 18.5 Å². The molecule has 1 heterocycles. The van der Waals surface area contributed by atoms with Gasteiger partial charge in [-0.15, -0.1) is 0 Å². The van der Waals surface area contributed by atoms with E-state index in [1.807, 2.05) is 12.4 Å². The van der Waals surface area contributed by atoms with Crippen molar-refractivity contribution >= 4 is 5.69 Å². The van der Waals surface area contributed by atoms with Crippen molar-refractivity contribution in [3.05, 3.63) is 24.0 Å². The van der Waals surface area contributed by atoms with Crippen LogP contribution in [0.5, 0.6) is 0 Å². The van der Waals surface area contributed by atoms with Crippen LogP contribution in [0.25, 0.3) is 0 Å². The molecular formula is C15H27N3O. The van der Waals surface area contributed by atoms with Crippen LogP contribution in [0.2, 0.25) is 0 Å². The average molecular weight is 265 g/mol. The normalized spacial score (nSPS) is 11.0. The molecule has 4 nitrogen and oxygen atoms in total. The molecule has 0 aromatic carbocycles. The van der Waals surface area contributed by atoms with Crippen LogP contribution in [-0.2, 0) is 11.3 Å². The minimum atomic E-state index is 0.622. The lowest BCUT2D eigenvalue weighted by atomic mass is 10.1. The van der Waals surface area contributed by atoms with Crippen LogP contribution in [0.3, 0.4) is 0 Å². The molecule has 1 aromatic heterocycles. The van der Waals surface area contributed by atoms with Crippen molar-refractivity contribution in [1.29, 1.82) is 0 Å². The number of aromatic nitrogens is 1. The average Bonchev–Trinajstić information content (AvgIpc) is 2.41.